The average Bonchev–Trinajstić information content (AvgIpc) is 2.15. The quantitative estimate of drug-likeness (QED) is 0.653. The molecule has 1 rings (SSSR count). The Kier molecular flexibility index (Phi) is 4.29. The molecule has 0 aromatic rings. The molecule has 0 atom stereocenters. The van der Waals surface area contributed by atoms with Gasteiger partial charge in [0.05, 0.1) is 0 Å². The van der Waals surface area contributed by atoms with Crippen molar-refractivity contribution in [1.82, 2.24) is 4.90 Å². The van der Waals surface area contributed by atoms with Crippen LogP contribution in [-0.4, -0.2) is 43.4 Å². The number of hydrogen-bond acceptors (Lipinski definition) is 2. The van der Waals surface area contributed by atoms with Crippen LogP contribution in [0.1, 0.15) is 25.7 Å². The zero-order valence-corrected chi connectivity index (χ0v) is 7.91. The largest absolute Gasteiger partial charge is 0.396 e. The van der Waals surface area contributed by atoms with Crippen LogP contribution in [0.25, 0.3) is 0 Å². The molecule has 1 aliphatic heterocycles. The lowest BCUT2D eigenvalue weighted by Gasteiger charge is -2.31. The molecular weight excluding hydrogens is 165 g/mol. The molecule has 3 nitrogen and oxygen atoms in total. The number of carbonyl (C=O) groups excluding carboxylic acids is 1. The van der Waals surface area contributed by atoms with Crippen LogP contribution in [0, 0.1) is 5.92 Å². The highest BCUT2D eigenvalue weighted by Gasteiger charge is 2.19. The number of carbonyl (C=O) groups is 1. The third-order valence-corrected chi connectivity index (χ3v) is 2.70. The molecule has 0 unspecified atom stereocenters. The van der Waals surface area contributed by atoms with Gasteiger partial charge in [0, 0.05) is 19.7 Å². The van der Waals surface area contributed by atoms with Crippen LogP contribution < -0.4 is 0 Å². The van der Waals surface area contributed by atoms with Crippen LogP contribution in [0.4, 0.5) is 4.79 Å². The normalized spacial score (nSPS) is 19.0. The molecule has 1 saturated heterocycles. The Balaban J connectivity index is 2.18. The van der Waals surface area contributed by atoms with Crippen molar-refractivity contribution < 1.29 is 9.90 Å². The second-order valence-electron chi connectivity index (χ2n) is 3.63. The molecular formula is C9H16BNO2. The maximum Gasteiger partial charge on any atom is 0.200 e. The van der Waals surface area contributed by atoms with Gasteiger partial charge in [-0.15, -0.1) is 0 Å². The second kappa shape index (κ2) is 5.27. The third-order valence-electron chi connectivity index (χ3n) is 2.70. The van der Waals surface area contributed by atoms with Gasteiger partial charge < -0.3 is 10.0 Å². The lowest BCUT2D eigenvalue weighted by atomic mass is 9.91. The zero-order valence-electron chi connectivity index (χ0n) is 7.91. The molecule has 0 aliphatic carbocycles. The number of amides is 1. The molecule has 13 heavy (non-hydrogen) atoms. The van der Waals surface area contributed by atoms with Crippen LogP contribution in [0.5, 0.6) is 0 Å². The first-order valence-corrected chi connectivity index (χ1v) is 4.89. The molecule has 1 aliphatic rings. The van der Waals surface area contributed by atoms with Crippen LogP contribution in [-0.2, 0) is 0 Å². The number of hydrogen-bond donors (Lipinski definition) is 1. The monoisotopic (exact) mass is 181 g/mol. The lowest BCUT2D eigenvalue weighted by molar-refractivity contribution is 0.182. The molecule has 1 amide bonds. The Morgan fingerprint density at radius 1 is 1.46 bits per heavy atom. The first-order valence-electron chi connectivity index (χ1n) is 4.89. The fourth-order valence-electron chi connectivity index (χ4n) is 1.82. The molecule has 0 bridgehead atoms. The van der Waals surface area contributed by atoms with Crippen molar-refractivity contribution >= 4 is 13.7 Å². The van der Waals surface area contributed by atoms with Crippen molar-refractivity contribution in [3.63, 3.8) is 0 Å². The summed E-state index contributed by atoms with van der Waals surface area (Å²) in [5.41, 5.74) is 0. The summed E-state index contributed by atoms with van der Waals surface area (Å²) in [5.74, 6) is 0.364. The molecule has 1 fully saturated rings. The van der Waals surface area contributed by atoms with Crippen molar-refractivity contribution in [2.24, 2.45) is 5.92 Å². The van der Waals surface area contributed by atoms with Gasteiger partial charge in [-0.1, -0.05) is 0 Å². The van der Waals surface area contributed by atoms with Crippen LogP contribution in [0.3, 0.4) is 0 Å². The molecule has 2 radical (unpaired) electrons. The lowest BCUT2D eigenvalue weighted by Crippen LogP contribution is -2.37. The third kappa shape index (κ3) is 3.39. The van der Waals surface area contributed by atoms with Crippen molar-refractivity contribution in [3.05, 3.63) is 0 Å². The molecule has 0 aromatic heterocycles. The van der Waals surface area contributed by atoms with Gasteiger partial charge in [-0.3, -0.25) is 4.79 Å². The SMILES string of the molecule is [B]C(=O)N1CCC(CCCO)CC1. The Hall–Kier alpha value is -0.505. The van der Waals surface area contributed by atoms with E-state index in [4.69, 9.17) is 13.0 Å². The highest BCUT2D eigenvalue weighted by Crippen LogP contribution is 2.21. The molecule has 1 heterocycles. The minimum atomic E-state index is -0.305. The summed E-state index contributed by atoms with van der Waals surface area (Å²) in [4.78, 5) is 12.5. The van der Waals surface area contributed by atoms with Crippen LogP contribution in [0.2, 0.25) is 0 Å². The van der Waals surface area contributed by atoms with Gasteiger partial charge in [0.1, 0.15) is 0 Å². The summed E-state index contributed by atoms with van der Waals surface area (Å²) >= 11 is 0. The van der Waals surface area contributed by atoms with E-state index in [1.54, 1.807) is 4.90 Å². The van der Waals surface area contributed by atoms with Crippen molar-refractivity contribution in [1.29, 1.82) is 0 Å². The summed E-state index contributed by atoms with van der Waals surface area (Å²) in [6.45, 7) is 1.84. The van der Waals surface area contributed by atoms with E-state index in [1.165, 1.54) is 0 Å². The highest BCUT2D eigenvalue weighted by atomic mass is 16.2. The van der Waals surface area contributed by atoms with Gasteiger partial charge in [-0.25, -0.2) is 0 Å². The Morgan fingerprint density at radius 2 is 2.08 bits per heavy atom. The number of rotatable bonds is 3. The first kappa shape index (κ1) is 10.6. The molecule has 0 saturated carbocycles. The highest BCUT2D eigenvalue weighted by molar-refractivity contribution is 6.56. The van der Waals surface area contributed by atoms with E-state index < -0.39 is 0 Å². The van der Waals surface area contributed by atoms with E-state index in [0.29, 0.717) is 5.92 Å². The summed E-state index contributed by atoms with van der Waals surface area (Å²) in [5, 5.41) is 8.65. The molecule has 1 N–H and O–H groups in total. The van der Waals surface area contributed by atoms with Crippen molar-refractivity contribution in [3.8, 4) is 0 Å². The van der Waals surface area contributed by atoms with Crippen molar-refractivity contribution in [2.45, 2.75) is 25.7 Å². The smallest absolute Gasteiger partial charge is 0.200 e. The van der Waals surface area contributed by atoms with E-state index in [2.05, 4.69) is 0 Å². The van der Waals surface area contributed by atoms with E-state index in [-0.39, 0.29) is 12.4 Å². The van der Waals surface area contributed by atoms with E-state index in [1.807, 2.05) is 0 Å². The minimum absolute atomic E-state index is 0.274. The minimum Gasteiger partial charge on any atom is -0.396 e. The average molecular weight is 181 g/mol. The number of nitrogens with zero attached hydrogens (tertiary/aromatic N) is 1. The summed E-state index contributed by atoms with van der Waals surface area (Å²) in [6.07, 6.45) is 4.01. The first-order chi connectivity index (χ1) is 6.24. The topological polar surface area (TPSA) is 40.5 Å². The fraction of sp³-hybridized carbons (Fsp3) is 0.889. The van der Waals surface area contributed by atoms with Crippen LogP contribution >= 0.6 is 0 Å². The number of likely N-dealkylation sites (tertiary alicyclic amines) is 1. The van der Waals surface area contributed by atoms with E-state index in [9.17, 15) is 4.79 Å². The predicted octanol–water partition coefficient (Wildman–Crippen LogP) is 0.759. The van der Waals surface area contributed by atoms with Gasteiger partial charge in [-0.05, 0) is 31.6 Å². The molecule has 4 heteroatoms. The van der Waals surface area contributed by atoms with Gasteiger partial charge in [0.2, 0.25) is 7.85 Å². The summed E-state index contributed by atoms with van der Waals surface area (Å²) in [6, 6.07) is 0. The zero-order chi connectivity index (χ0) is 9.68. The molecule has 0 aromatic carbocycles. The Labute approximate surface area is 80.5 Å². The number of piperidine rings is 1. The summed E-state index contributed by atoms with van der Waals surface area (Å²) in [7, 11) is 5.16. The molecule has 72 valence electrons. The van der Waals surface area contributed by atoms with Gasteiger partial charge in [0.25, 0.3) is 0 Å². The Bertz CT molecular complexity index is 167. The van der Waals surface area contributed by atoms with Gasteiger partial charge in [-0.2, -0.15) is 0 Å². The van der Waals surface area contributed by atoms with Crippen molar-refractivity contribution in [2.75, 3.05) is 19.7 Å². The predicted molar refractivity (Wildman–Crippen MR) is 51.8 cm³/mol. The standard InChI is InChI=1S/C9H16BNO2/c10-9(13)11-5-3-8(4-6-11)2-1-7-12/h8,12H,1-7H2. The maximum absolute atomic E-state index is 10.8. The van der Waals surface area contributed by atoms with Gasteiger partial charge >= 0.3 is 0 Å². The summed E-state index contributed by atoms with van der Waals surface area (Å²) < 4.78 is 0. The van der Waals surface area contributed by atoms with E-state index >= 15 is 0 Å². The number of aliphatic hydroxyl groups excluding tert-OH is 1. The number of aliphatic hydroxyl groups is 1. The second-order valence-corrected chi connectivity index (χ2v) is 3.63. The Morgan fingerprint density at radius 3 is 2.54 bits per heavy atom. The fourth-order valence-corrected chi connectivity index (χ4v) is 1.82. The maximum atomic E-state index is 10.8. The van der Waals surface area contributed by atoms with Crippen LogP contribution in [0.15, 0.2) is 0 Å². The van der Waals surface area contributed by atoms with Gasteiger partial charge in [0.15, 0.2) is 5.81 Å². The molecule has 0 spiro atoms. The van der Waals surface area contributed by atoms with E-state index in [0.717, 1.165) is 38.8 Å².